The van der Waals surface area contributed by atoms with Gasteiger partial charge in [-0.2, -0.15) is 4.98 Å². The molecule has 1 aromatic carbocycles. The Morgan fingerprint density at radius 1 is 1.11 bits per heavy atom. The van der Waals surface area contributed by atoms with Crippen molar-refractivity contribution in [2.45, 2.75) is 33.2 Å². The van der Waals surface area contributed by atoms with Crippen LogP contribution in [0.25, 0.3) is 11.3 Å². The third kappa shape index (κ3) is 5.26. The highest BCUT2D eigenvalue weighted by atomic mass is 16.1. The van der Waals surface area contributed by atoms with Crippen molar-refractivity contribution in [1.29, 1.82) is 0 Å². The van der Waals surface area contributed by atoms with E-state index in [1.54, 1.807) is 12.4 Å². The fourth-order valence-corrected chi connectivity index (χ4v) is 2.55. The largest absolute Gasteiger partial charge is 0.352 e. The number of rotatable bonds is 7. The minimum atomic E-state index is -0.0987. The number of pyridine rings is 1. The quantitative estimate of drug-likeness (QED) is 0.564. The zero-order chi connectivity index (χ0) is 19.9. The van der Waals surface area contributed by atoms with Crippen LogP contribution in [0.5, 0.6) is 0 Å². The fraction of sp³-hybridized carbons (Fsp3) is 0.238. The molecule has 2 aromatic heterocycles. The molecule has 1 atom stereocenters. The first-order chi connectivity index (χ1) is 13.5. The lowest BCUT2D eigenvalue weighted by Crippen LogP contribution is -2.16. The topological polar surface area (TPSA) is 91.8 Å². The molecule has 0 bridgehead atoms. The van der Waals surface area contributed by atoms with Crippen LogP contribution in [0.3, 0.4) is 0 Å². The number of benzene rings is 1. The summed E-state index contributed by atoms with van der Waals surface area (Å²) in [6, 6.07) is 13.4. The summed E-state index contributed by atoms with van der Waals surface area (Å²) >= 11 is 0. The summed E-state index contributed by atoms with van der Waals surface area (Å²) in [6.45, 7) is 5.69. The molecule has 28 heavy (non-hydrogen) atoms. The Bertz CT molecular complexity index is 927. The van der Waals surface area contributed by atoms with Crippen LogP contribution in [0, 0.1) is 0 Å². The first-order valence-corrected chi connectivity index (χ1v) is 9.24. The Hall–Kier alpha value is -3.48. The summed E-state index contributed by atoms with van der Waals surface area (Å²) in [5, 5.41) is 9.38. The first-order valence-electron chi connectivity index (χ1n) is 9.24. The van der Waals surface area contributed by atoms with Crippen LogP contribution in [-0.2, 0) is 4.79 Å². The third-order valence-corrected chi connectivity index (χ3v) is 4.15. The van der Waals surface area contributed by atoms with Gasteiger partial charge in [0, 0.05) is 48.4 Å². The third-order valence-electron chi connectivity index (χ3n) is 4.15. The van der Waals surface area contributed by atoms with Crippen molar-refractivity contribution < 1.29 is 4.79 Å². The van der Waals surface area contributed by atoms with E-state index in [1.165, 1.54) is 6.92 Å². The van der Waals surface area contributed by atoms with E-state index >= 15 is 0 Å². The average Bonchev–Trinajstić information content (AvgIpc) is 2.69. The van der Waals surface area contributed by atoms with Crippen LogP contribution in [0.2, 0.25) is 0 Å². The molecule has 0 spiro atoms. The van der Waals surface area contributed by atoms with E-state index in [0.29, 0.717) is 11.8 Å². The number of carbonyl (C=O) groups excluding carboxylic acids is 1. The molecule has 0 aliphatic heterocycles. The number of hydrogen-bond acceptors (Lipinski definition) is 6. The second-order valence-electron chi connectivity index (χ2n) is 6.54. The van der Waals surface area contributed by atoms with Crippen LogP contribution in [0.15, 0.2) is 54.9 Å². The normalized spacial score (nSPS) is 11.5. The van der Waals surface area contributed by atoms with Gasteiger partial charge in [0.05, 0.1) is 5.69 Å². The van der Waals surface area contributed by atoms with Gasteiger partial charge in [0.25, 0.3) is 0 Å². The molecule has 0 aliphatic rings. The molecule has 0 unspecified atom stereocenters. The van der Waals surface area contributed by atoms with Gasteiger partial charge in [0.2, 0.25) is 11.9 Å². The molecule has 0 aliphatic carbocycles. The first kappa shape index (κ1) is 19.3. The highest BCUT2D eigenvalue weighted by Crippen LogP contribution is 2.24. The molecule has 0 saturated heterocycles. The molecule has 2 heterocycles. The van der Waals surface area contributed by atoms with Crippen LogP contribution in [0.1, 0.15) is 27.2 Å². The minimum absolute atomic E-state index is 0.0987. The van der Waals surface area contributed by atoms with E-state index in [1.807, 2.05) is 42.5 Å². The predicted molar refractivity (Wildman–Crippen MR) is 113 cm³/mol. The number of nitrogens with zero attached hydrogens (tertiary/aromatic N) is 3. The molecule has 144 valence electrons. The van der Waals surface area contributed by atoms with Crippen molar-refractivity contribution >= 4 is 29.0 Å². The van der Waals surface area contributed by atoms with Gasteiger partial charge in [0.15, 0.2) is 0 Å². The molecule has 7 heteroatoms. The van der Waals surface area contributed by atoms with E-state index in [9.17, 15) is 4.79 Å². The summed E-state index contributed by atoms with van der Waals surface area (Å²) in [5.74, 6) is 1.14. The number of aromatic nitrogens is 3. The van der Waals surface area contributed by atoms with Crippen molar-refractivity contribution in [3.63, 3.8) is 0 Å². The standard InChI is InChI=1S/C21H24N6O/c1-4-14(2)23-21-26-19(16-6-5-11-22-13-16)12-20(27-21)25-18-9-7-17(8-10-18)24-15(3)28/h5-14H,4H2,1-3H3,(H,24,28)(H2,23,25,26,27)/t14-/m1/s1. The fourth-order valence-electron chi connectivity index (χ4n) is 2.55. The Morgan fingerprint density at radius 2 is 1.86 bits per heavy atom. The van der Waals surface area contributed by atoms with Crippen molar-refractivity contribution in [2.75, 3.05) is 16.0 Å². The lowest BCUT2D eigenvalue weighted by molar-refractivity contribution is -0.114. The Kier molecular flexibility index (Phi) is 6.16. The van der Waals surface area contributed by atoms with Crippen LogP contribution in [-0.4, -0.2) is 26.9 Å². The number of amides is 1. The van der Waals surface area contributed by atoms with Gasteiger partial charge in [-0.15, -0.1) is 0 Å². The molecule has 3 aromatic rings. The van der Waals surface area contributed by atoms with Crippen molar-refractivity contribution in [3.8, 4) is 11.3 Å². The van der Waals surface area contributed by atoms with Crippen LogP contribution >= 0.6 is 0 Å². The molecule has 0 fully saturated rings. The second kappa shape index (κ2) is 8.94. The summed E-state index contributed by atoms with van der Waals surface area (Å²) in [5.41, 5.74) is 3.31. The number of hydrogen-bond donors (Lipinski definition) is 3. The molecule has 0 saturated carbocycles. The van der Waals surface area contributed by atoms with Gasteiger partial charge in [-0.1, -0.05) is 6.92 Å². The SMILES string of the molecule is CC[C@@H](C)Nc1nc(Nc2ccc(NC(C)=O)cc2)cc(-c2cccnc2)n1. The Balaban J connectivity index is 1.88. The van der Waals surface area contributed by atoms with E-state index in [2.05, 4.69) is 44.7 Å². The summed E-state index contributed by atoms with van der Waals surface area (Å²) in [6.07, 6.45) is 4.48. The summed E-state index contributed by atoms with van der Waals surface area (Å²) in [7, 11) is 0. The number of nitrogens with one attached hydrogen (secondary N) is 3. The Morgan fingerprint density at radius 3 is 2.50 bits per heavy atom. The highest BCUT2D eigenvalue weighted by molar-refractivity contribution is 5.88. The molecule has 1 amide bonds. The highest BCUT2D eigenvalue weighted by Gasteiger charge is 2.09. The van der Waals surface area contributed by atoms with E-state index < -0.39 is 0 Å². The van der Waals surface area contributed by atoms with Gasteiger partial charge in [-0.25, -0.2) is 4.98 Å². The summed E-state index contributed by atoms with van der Waals surface area (Å²) in [4.78, 5) is 24.6. The number of carbonyl (C=O) groups is 1. The van der Waals surface area contributed by atoms with E-state index in [0.717, 1.165) is 29.1 Å². The molecule has 0 radical (unpaired) electrons. The second-order valence-corrected chi connectivity index (χ2v) is 6.54. The number of anilines is 4. The lowest BCUT2D eigenvalue weighted by Gasteiger charge is -2.15. The van der Waals surface area contributed by atoms with Gasteiger partial charge < -0.3 is 16.0 Å². The molecule has 3 rings (SSSR count). The Labute approximate surface area is 164 Å². The monoisotopic (exact) mass is 376 g/mol. The zero-order valence-electron chi connectivity index (χ0n) is 16.2. The van der Waals surface area contributed by atoms with Crippen molar-refractivity contribution in [2.24, 2.45) is 0 Å². The smallest absolute Gasteiger partial charge is 0.225 e. The minimum Gasteiger partial charge on any atom is -0.352 e. The zero-order valence-corrected chi connectivity index (χ0v) is 16.2. The predicted octanol–water partition coefficient (Wildman–Crippen LogP) is 4.45. The molecular formula is C21H24N6O. The van der Waals surface area contributed by atoms with E-state index in [4.69, 9.17) is 0 Å². The van der Waals surface area contributed by atoms with Gasteiger partial charge >= 0.3 is 0 Å². The van der Waals surface area contributed by atoms with Crippen molar-refractivity contribution in [1.82, 2.24) is 15.0 Å². The molecule has 3 N–H and O–H groups in total. The summed E-state index contributed by atoms with van der Waals surface area (Å²) < 4.78 is 0. The average molecular weight is 376 g/mol. The van der Waals surface area contributed by atoms with Crippen molar-refractivity contribution in [3.05, 3.63) is 54.9 Å². The van der Waals surface area contributed by atoms with Crippen LogP contribution in [0.4, 0.5) is 23.1 Å². The van der Waals surface area contributed by atoms with Gasteiger partial charge in [-0.05, 0) is 49.7 Å². The maximum Gasteiger partial charge on any atom is 0.225 e. The maximum atomic E-state index is 11.2. The molecule has 7 nitrogen and oxygen atoms in total. The molecular weight excluding hydrogens is 352 g/mol. The lowest BCUT2D eigenvalue weighted by atomic mass is 10.2. The van der Waals surface area contributed by atoms with Gasteiger partial charge in [-0.3, -0.25) is 9.78 Å². The van der Waals surface area contributed by atoms with Crippen LogP contribution < -0.4 is 16.0 Å². The van der Waals surface area contributed by atoms with Gasteiger partial charge in [0.1, 0.15) is 5.82 Å². The maximum absolute atomic E-state index is 11.2. The van der Waals surface area contributed by atoms with E-state index in [-0.39, 0.29) is 11.9 Å².